The van der Waals surface area contributed by atoms with Crippen LogP contribution in [0.15, 0.2) is 54.7 Å². The molecule has 0 fully saturated rings. The first kappa shape index (κ1) is 20.6. The highest BCUT2D eigenvalue weighted by molar-refractivity contribution is 6.30. The first-order valence-electron chi connectivity index (χ1n) is 9.04. The van der Waals surface area contributed by atoms with Crippen molar-refractivity contribution in [2.24, 2.45) is 0 Å². The van der Waals surface area contributed by atoms with Gasteiger partial charge in [-0.15, -0.1) is 5.10 Å². The zero-order valence-corrected chi connectivity index (χ0v) is 16.6. The number of nitrogens with one attached hydrogen (secondary N) is 2. The highest BCUT2D eigenvalue weighted by Crippen LogP contribution is 2.21. The van der Waals surface area contributed by atoms with E-state index in [1.165, 1.54) is 0 Å². The zero-order valence-electron chi connectivity index (χ0n) is 15.9. The van der Waals surface area contributed by atoms with E-state index in [-0.39, 0.29) is 19.2 Å². The first-order valence-corrected chi connectivity index (χ1v) is 9.42. The molecule has 0 radical (unpaired) electrons. The van der Waals surface area contributed by atoms with Gasteiger partial charge in [-0.2, -0.15) is 0 Å². The second-order valence-corrected chi connectivity index (χ2v) is 6.75. The van der Waals surface area contributed by atoms with Crippen LogP contribution in [0.1, 0.15) is 17.3 Å². The van der Waals surface area contributed by atoms with Crippen LogP contribution in [0.5, 0.6) is 5.75 Å². The number of aromatic nitrogens is 3. The van der Waals surface area contributed by atoms with Gasteiger partial charge >= 0.3 is 6.03 Å². The summed E-state index contributed by atoms with van der Waals surface area (Å²) in [6.07, 6.45) is 2.10. The van der Waals surface area contributed by atoms with Crippen molar-refractivity contribution in [1.29, 1.82) is 0 Å². The molecule has 2 aromatic carbocycles. The van der Waals surface area contributed by atoms with Crippen molar-refractivity contribution in [3.63, 3.8) is 0 Å². The Labute approximate surface area is 173 Å². The van der Waals surface area contributed by atoms with Gasteiger partial charge in [-0.25, -0.2) is 9.48 Å². The SMILES string of the molecule is COc1ccc(C[C@H](NC(=O)Nc2ccc(Cl)cc2)c2cnnn2CCO)cc1. The molecule has 3 aromatic rings. The number of halogens is 1. The number of carbonyl (C=O) groups is 1. The first-order chi connectivity index (χ1) is 14.1. The molecule has 0 bridgehead atoms. The van der Waals surface area contributed by atoms with Gasteiger partial charge in [-0.1, -0.05) is 28.9 Å². The molecule has 0 saturated heterocycles. The van der Waals surface area contributed by atoms with Gasteiger partial charge in [0.1, 0.15) is 5.75 Å². The van der Waals surface area contributed by atoms with Gasteiger partial charge in [0, 0.05) is 10.7 Å². The minimum Gasteiger partial charge on any atom is -0.497 e. The highest BCUT2D eigenvalue weighted by atomic mass is 35.5. The summed E-state index contributed by atoms with van der Waals surface area (Å²) >= 11 is 5.88. The average molecular weight is 416 g/mol. The second-order valence-electron chi connectivity index (χ2n) is 6.32. The number of urea groups is 1. The molecular formula is C20H22ClN5O3. The van der Waals surface area contributed by atoms with Crippen LogP contribution in [0.3, 0.4) is 0 Å². The zero-order chi connectivity index (χ0) is 20.6. The Morgan fingerprint density at radius 1 is 1.21 bits per heavy atom. The largest absolute Gasteiger partial charge is 0.497 e. The lowest BCUT2D eigenvalue weighted by Gasteiger charge is -2.20. The Morgan fingerprint density at radius 3 is 2.59 bits per heavy atom. The number of hydrogen-bond donors (Lipinski definition) is 3. The van der Waals surface area contributed by atoms with Gasteiger partial charge in [0.25, 0.3) is 0 Å². The minimum absolute atomic E-state index is 0.0808. The van der Waals surface area contributed by atoms with Gasteiger partial charge < -0.3 is 20.5 Å². The van der Waals surface area contributed by atoms with Crippen LogP contribution in [-0.4, -0.2) is 39.8 Å². The number of hydrogen-bond acceptors (Lipinski definition) is 5. The minimum atomic E-state index is -0.405. The fourth-order valence-corrected chi connectivity index (χ4v) is 3.02. The number of anilines is 1. The summed E-state index contributed by atoms with van der Waals surface area (Å²) in [6, 6.07) is 13.7. The Bertz CT molecular complexity index is 928. The molecular weight excluding hydrogens is 394 g/mol. The number of aliphatic hydroxyl groups excluding tert-OH is 1. The molecule has 1 aromatic heterocycles. The number of rotatable bonds is 8. The van der Waals surface area contributed by atoms with Crippen molar-refractivity contribution < 1.29 is 14.6 Å². The van der Waals surface area contributed by atoms with Crippen molar-refractivity contribution >= 4 is 23.3 Å². The third-order valence-corrected chi connectivity index (χ3v) is 4.57. The molecule has 29 heavy (non-hydrogen) atoms. The third kappa shape index (κ3) is 5.69. The topological polar surface area (TPSA) is 101 Å². The van der Waals surface area contributed by atoms with Crippen LogP contribution < -0.4 is 15.4 Å². The number of aliphatic hydroxyl groups is 1. The van der Waals surface area contributed by atoms with Crippen LogP contribution >= 0.6 is 11.6 Å². The molecule has 2 amide bonds. The molecule has 0 aliphatic carbocycles. The summed E-state index contributed by atoms with van der Waals surface area (Å²) in [5.41, 5.74) is 2.32. The summed E-state index contributed by atoms with van der Waals surface area (Å²) in [5, 5.41) is 23.5. The number of nitrogens with zero attached hydrogens (tertiary/aromatic N) is 3. The van der Waals surface area contributed by atoms with Crippen molar-refractivity contribution in [3.05, 3.63) is 71.0 Å². The van der Waals surface area contributed by atoms with Gasteiger partial charge in [-0.05, 0) is 48.4 Å². The van der Waals surface area contributed by atoms with Crippen LogP contribution in [0.2, 0.25) is 5.02 Å². The molecule has 0 spiro atoms. The van der Waals surface area contributed by atoms with Gasteiger partial charge in [0.15, 0.2) is 0 Å². The van der Waals surface area contributed by atoms with Crippen LogP contribution in [0.25, 0.3) is 0 Å². The number of ether oxygens (including phenoxy) is 1. The van der Waals surface area contributed by atoms with Crippen LogP contribution in [0.4, 0.5) is 10.5 Å². The van der Waals surface area contributed by atoms with Crippen LogP contribution in [-0.2, 0) is 13.0 Å². The monoisotopic (exact) mass is 415 g/mol. The van der Waals surface area contributed by atoms with E-state index in [0.29, 0.717) is 22.8 Å². The van der Waals surface area contributed by atoms with E-state index in [9.17, 15) is 9.90 Å². The van der Waals surface area contributed by atoms with Crippen molar-refractivity contribution in [2.75, 3.05) is 19.0 Å². The lowest BCUT2D eigenvalue weighted by atomic mass is 10.0. The number of benzene rings is 2. The molecule has 0 saturated carbocycles. The summed E-state index contributed by atoms with van der Waals surface area (Å²) in [5.74, 6) is 0.755. The number of methoxy groups -OCH3 is 1. The smallest absolute Gasteiger partial charge is 0.319 e. The summed E-state index contributed by atoms with van der Waals surface area (Å²) in [4.78, 5) is 12.6. The maximum atomic E-state index is 12.6. The Morgan fingerprint density at radius 2 is 1.93 bits per heavy atom. The van der Waals surface area contributed by atoms with E-state index in [1.54, 1.807) is 42.3 Å². The molecule has 0 unspecified atom stereocenters. The van der Waals surface area contributed by atoms with Gasteiger partial charge in [0.2, 0.25) is 0 Å². The van der Waals surface area contributed by atoms with Gasteiger partial charge in [-0.3, -0.25) is 0 Å². The van der Waals surface area contributed by atoms with E-state index < -0.39 is 6.04 Å². The lowest BCUT2D eigenvalue weighted by molar-refractivity contribution is 0.246. The second kappa shape index (κ2) is 9.90. The molecule has 152 valence electrons. The fourth-order valence-electron chi connectivity index (χ4n) is 2.89. The molecule has 1 heterocycles. The maximum absolute atomic E-state index is 12.6. The molecule has 3 N–H and O–H groups in total. The molecule has 0 aliphatic rings. The average Bonchev–Trinajstić information content (AvgIpc) is 3.18. The Kier molecular flexibility index (Phi) is 7.04. The summed E-state index contributed by atoms with van der Waals surface area (Å²) < 4.78 is 6.78. The van der Waals surface area contributed by atoms with Crippen molar-refractivity contribution in [1.82, 2.24) is 20.3 Å². The Hall–Kier alpha value is -3.10. The van der Waals surface area contributed by atoms with Crippen molar-refractivity contribution in [3.8, 4) is 5.75 Å². The highest BCUT2D eigenvalue weighted by Gasteiger charge is 2.20. The normalized spacial score (nSPS) is 11.7. The quantitative estimate of drug-likeness (QED) is 0.525. The van der Waals surface area contributed by atoms with E-state index in [1.807, 2.05) is 24.3 Å². The van der Waals surface area contributed by atoms with E-state index in [0.717, 1.165) is 11.3 Å². The molecule has 8 nitrogen and oxygen atoms in total. The summed E-state index contributed by atoms with van der Waals surface area (Å²) in [7, 11) is 1.61. The predicted octanol–water partition coefficient (Wildman–Crippen LogP) is 3.04. The van der Waals surface area contributed by atoms with E-state index in [2.05, 4.69) is 20.9 Å². The standard InChI is InChI=1S/C20H22ClN5O3/c1-29-17-8-2-14(3-9-17)12-18(19-13-22-25-26(19)10-11-27)24-20(28)23-16-6-4-15(21)5-7-16/h2-9,13,18,27H,10-12H2,1H3,(H2,23,24,28)/t18-/m0/s1. The van der Waals surface area contributed by atoms with E-state index >= 15 is 0 Å². The molecule has 9 heteroatoms. The predicted molar refractivity (Wildman–Crippen MR) is 110 cm³/mol. The van der Waals surface area contributed by atoms with Crippen molar-refractivity contribution in [2.45, 2.75) is 19.0 Å². The lowest BCUT2D eigenvalue weighted by Crippen LogP contribution is -2.35. The molecule has 0 aliphatic heterocycles. The molecule has 3 rings (SSSR count). The summed E-state index contributed by atoms with van der Waals surface area (Å²) in [6.45, 7) is 0.206. The third-order valence-electron chi connectivity index (χ3n) is 4.32. The maximum Gasteiger partial charge on any atom is 0.319 e. The van der Waals surface area contributed by atoms with Crippen LogP contribution in [0, 0.1) is 0 Å². The number of carbonyl (C=O) groups excluding carboxylic acids is 1. The van der Waals surface area contributed by atoms with E-state index in [4.69, 9.17) is 16.3 Å². The molecule has 1 atom stereocenters. The van der Waals surface area contributed by atoms with Gasteiger partial charge in [0.05, 0.1) is 38.2 Å². The fraction of sp³-hybridized carbons (Fsp3) is 0.250. The Balaban J connectivity index is 1.78. The number of amides is 2.